The van der Waals surface area contributed by atoms with Crippen LogP contribution in [0.4, 0.5) is 0 Å². The summed E-state index contributed by atoms with van der Waals surface area (Å²) in [7, 11) is 2.05. The monoisotopic (exact) mass is 170 g/mol. The summed E-state index contributed by atoms with van der Waals surface area (Å²) < 4.78 is 0. The quantitative estimate of drug-likeness (QED) is 0.687. The zero-order valence-electron chi connectivity index (χ0n) is 8.64. The smallest absolute Gasteiger partial charge is 0.0223 e. The molecule has 1 heterocycles. The van der Waals surface area contributed by atoms with Crippen molar-refractivity contribution in [1.82, 2.24) is 10.2 Å². The van der Waals surface area contributed by atoms with Gasteiger partial charge in [0.1, 0.15) is 0 Å². The van der Waals surface area contributed by atoms with Crippen LogP contribution in [0.5, 0.6) is 0 Å². The third-order valence-corrected chi connectivity index (χ3v) is 3.02. The Kier molecular flexibility index (Phi) is 4.02. The van der Waals surface area contributed by atoms with E-state index in [1.165, 1.54) is 25.8 Å². The number of hydrogen-bond donors (Lipinski definition) is 1. The molecule has 72 valence electrons. The minimum Gasteiger partial charge on any atom is -0.318 e. The maximum Gasteiger partial charge on any atom is 0.0223 e. The van der Waals surface area contributed by atoms with Crippen molar-refractivity contribution in [2.75, 3.05) is 20.1 Å². The van der Waals surface area contributed by atoms with Crippen LogP contribution in [0, 0.1) is 0 Å². The number of hydrogen-bond acceptors (Lipinski definition) is 2. The predicted molar refractivity (Wildman–Crippen MR) is 53.4 cm³/mol. The van der Waals surface area contributed by atoms with Gasteiger partial charge in [-0.25, -0.2) is 0 Å². The Morgan fingerprint density at radius 2 is 2.33 bits per heavy atom. The first-order valence-corrected chi connectivity index (χ1v) is 5.20. The summed E-state index contributed by atoms with van der Waals surface area (Å²) >= 11 is 0. The van der Waals surface area contributed by atoms with Crippen molar-refractivity contribution < 1.29 is 0 Å². The van der Waals surface area contributed by atoms with Gasteiger partial charge in [-0.05, 0) is 39.8 Å². The molecule has 0 spiro atoms. The highest BCUT2D eigenvalue weighted by Gasteiger charge is 2.26. The number of rotatable bonds is 4. The molecule has 12 heavy (non-hydrogen) atoms. The molecule has 1 N–H and O–H groups in total. The van der Waals surface area contributed by atoms with Gasteiger partial charge in [-0.15, -0.1) is 0 Å². The Morgan fingerprint density at radius 1 is 1.58 bits per heavy atom. The molecule has 2 nitrogen and oxygen atoms in total. The summed E-state index contributed by atoms with van der Waals surface area (Å²) in [6.45, 7) is 7.08. The zero-order chi connectivity index (χ0) is 8.97. The van der Waals surface area contributed by atoms with Crippen LogP contribution in [-0.4, -0.2) is 37.1 Å². The maximum atomic E-state index is 3.28. The van der Waals surface area contributed by atoms with Gasteiger partial charge in [0.2, 0.25) is 0 Å². The van der Waals surface area contributed by atoms with Gasteiger partial charge in [-0.2, -0.15) is 0 Å². The van der Waals surface area contributed by atoms with Gasteiger partial charge in [-0.1, -0.05) is 6.92 Å². The van der Waals surface area contributed by atoms with E-state index in [0.717, 1.165) is 18.6 Å². The van der Waals surface area contributed by atoms with E-state index < -0.39 is 0 Å². The molecule has 1 fully saturated rings. The lowest BCUT2D eigenvalue weighted by Crippen LogP contribution is -2.41. The van der Waals surface area contributed by atoms with E-state index in [-0.39, 0.29) is 0 Å². The fourth-order valence-electron chi connectivity index (χ4n) is 2.13. The van der Waals surface area contributed by atoms with Crippen LogP contribution < -0.4 is 5.32 Å². The average molecular weight is 170 g/mol. The summed E-state index contributed by atoms with van der Waals surface area (Å²) in [6, 6.07) is 1.57. The van der Waals surface area contributed by atoms with Crippen molar-refractivity contribution in [3.63, 3.8) is 0 Å². The molecule has 0 aromatic rings. The molecule has 1 rings (SSSR count). The topological polar surface area (TPSA) is 15.3 Å². The standard InChI is InChI=1S/C10H22N2/c1-4-9(2)12-7-5-6-10(12)8-11-3/h9-11H,4-8H2,1-3H3. The Hall–Kier alpha value is -0.0800. The van der Waals surface area contributed by atoms with Crippen LogP contribution in [0.3, 0.4) is 0 Å². The Bertz CT molecular complexity index is 125. The largest absolute Gasteiger partial charge is 0.318 e. The first-order chi connectivity index (χ1) is 5.79. The Morgan fingerprint density at radius 3 is 2.92 bits per heavy atom. The van der Waals surface area contributed by atoms with Crippen molar-refractivity contribution in [1.29, 1.82) is 0 Å². The van der Waals surface area contributed by atoms with Crippen molar-refractivity contribution in [3.8, 4) is 0 Å². The molecule has 1 aliphatic heterocycles. The summed E-state index contributed by atoms with van der Waals surface area (Å²) in [6.07, 6.45) is 4.04. The van der Waals surface area contributed by atoms with Gasteiger partial charge in [0.25, 0.3) is 0 Å². The first kappa shape index (κ1) is 10.0. The van der Waals surface area contributed by atoms with Gasteiger partial charge in [0.05, 0.1) is 0 Å². The summed E-state index contributed by atoms with van der Waals surface area (Å²) in [4.78, 5) is 2.65. The van der Waals surface area contributed by atoms with Crippen LogP contribution in [0.25, 0.3) is 0 Å². The molecule has 2 unspecified atom stereocenters. The second kappa shape index (κ2) is 4.83. The molecule has 0 radical (unpaired) electrons. The molecule has 0 amide bonds. The number of nitrogens with zero attached hydrogens (tertiary/aromatic N) is 1. The van der Waals surface area contributed by atoms with Crippen molar-refractivity contribution >= 4 is 0 Å². The lowest BCUT2D eigenvalue weighted by molar-refractivity contribution is 0.185. The summed E-state index contributed by atoms with van der Waals surface area (Å²) in [5.41, 5.74) is 0. The summed E-state index contributed by atoms with van der Waals surface area (Å²) in [5, 5.41) is 3.28. The lowest BCUT2D eigenvalue weighted by atomic mass is 10.1. The number of nitrogens with one attached hydrogen (secondary N) is 1. The van der Waals surface area contributed by atoms with Crippen molar-refractivity contribution in [2.45, 2.75) is 45.2 Å². The van der Waals surface area contributed by atoms with Crippen LogP contribution in [0.15, 0.2) is 0 Å². The van der Waals surface area contributed by atoms with Crippen LogP contribution in [-0.2, 0) is 0 Å². The van der Waals surface area contributed by atoms with E-state index >= 15 is 0 Å². The van der Waals surface area contributed by atoms with Crippen LogP contribution in [0.1, 0.15) is 33.1 Å². The van der Waals surface area contributed by atoms with E-state index in [4.69, 9.17) is 0 Å². The predicted octanol–water partition coefficient (Wildman–Crippen LogP) is 1.47. The van der Waals surface area contributed by atoms with Crippen molar-refractivity contribution in [3.05, 3.63) is 0 Å². The fraction of sp³-hybridized carbons (Fsp3) is 1.00. The highest BCUT2D eigenvalue weighted by atomic mass is 15.2. The van der Waals surface area contributed by atoms with Crippen LogP contribution >= 0.6 is 0 Å². The molecule has 2 atom stereocenters. The second-order valence-corrected chi connectivity index (χ2v) is 3.85. The average Bonchev–Trinajstić information content (AvgIpc) is 2.52. The normalized spacial score (nSPS) is 27.8. The van der Waals surface area contributed by atoms with Crippen LogP contribution in [0.2, 0.25) is 0 Å². The Labute approximate surface area is 76.3 Å². The molecule has 1 aliphatic rings. The molecule has 0 aromatic heterocycles. The highest BCUT2D eigenvalue weighted by Crippen LogP contribution is 2.20. The fourth-order valence-corrected chi connectivity index (χ4v) is 2.13. The molecule has 0 bridgehead atoms. The molecule has 1 saturated heterocycles. The lowest BCUT2D eigenvalue weighted by Gasteiger charge is -2.29. The SMILES string of the molecule is CCC(C)N1CCCC1CNC. The second-order valence-electron chi connectivity index (χ2n) is 3.85. The van der Waals surface area contributed by atoms with Gasteiger partial charge < -0.3 is 5.32 Å². The minimum atomic E-state index is 0.769. The highest BCUT2D eigenvalue weighted by molar-refractivity contribution is 4.83. The van der Waals surface area contributed by atoms with Gasteiger partial charge in [0, 0.05) is 18.6 Å². The van der Waals surface area contributed by atoms with Crippen molar-refractivity contribution in [2.24, 2.45) is 0 Å². The maximum absolute atomic E-state index is 3.28. The number of likely N-dealkylation sites (tertiary alicyclic amines) is 1. The van der Waals surface area contributed by atoms with E-state index in [9.17, 15) is 0 Å². The van der Waals surface area contributed by atoms with E-state index in [0.29, 0.717) is 0 Å². The van der Waals surface area contributed by atoms with E-state index in [1.807, 2.05) is 7.05 Å². The zero-order valence-corrected chi connectivity index (χ0v) is 8.64. The molecule has 0 saturated carbocycles. The molecule has 2 heteroatoms. The molecule has 0 aliphatic carbocycles. The third-order valence-electron chi connectivity index (χ3n) is 3.02. The molecular formula is C10H22N2. The Balaban J connectivity index is 2.40. The first-order valence-electron chi connectivity index (χ1n) is 5.20. The number of likely N-dealkylation sites (N-methyl/N-ethyl adjacent to an activating group) is 1. The van der Waals surface area contributed by atoms with E-state index in [2.05, 4.69) is 24.1 Å². The third kappa shape index (κ3) is 2.20. The minimum absolute atomic E-state index is 0.769. The molecular weight excluding hydrogens is 148 g/mol. The van der Waals surface area contributed by atoms with Gasteiger partial charge >= 0.3 is 0 Å². The molecule has 0 aromatic carbocycles. The van der Waals surface area contributed by atoms with Gasteiger partial charge in [-0.3, -0.25) is 4.90 Å². The van der Waals surface area contributed by atoms with Gasteiger partial charge in [0.15, 0.2) is 0 Å². The van der Waals surface area contributed by atoms with E-state index in [1.54, 1.807) is 0 Å². The summed E-state index contributed by atoms with van der Waals surface area (Å²) in [5.74, 6) is 0.